The van der Waals surface area contributed by atoms with E-state index in [1.165, 1.54) is 57.5 Å². The predicted octanol–water partition coefficient (Wildman–Crippen LogP) is 2.91. The third kappa shape index (κ3) is 2.54. The van der Waals surface area contributed by atoms with Crippen LogP contribution in [0.2, 0.25) is 0 Å². The molecule has 0 saturated carbocycles. The monoisotopic (exact) mass is 309 g/mol. The number of nitrogens with zero attached hydrogens (tertiary/aromatic N) is 3. The molecule has 1 aromatic heterocycles. The molecule has 3 rings (SSSR count). The lowest BCUT2D eigenvalue weighted by atomic mass is 10.0. The van der Waals surface area contributed by atoms with E-state index in [0.717, 1.165) is 10.5 Å². The lowest BCUT2D eigenvalue weighted by Crippen LogP contribution is -2.43. The van der Waals surface area contributed by atoms with Crippen LogP contribution in [0.3, 0.4) is 0 Å². The van der Waals surface area contributed by atoms with E-state index in [-0.39, 0.29) is 0 Å². The highest BCUT2D eigenvalue weighted by Crippen LogP contribution is 2.29. The fraction of sp³-hybridized carbons (Fsp3) is 0.643. The van der Waals surface area contributed by atoms with Gasteiger partial charge in [0.2, 0.25) is 0 Å². The number of rotatable bonds is 2. The van der Waals surface area contributed by atoms with Crippen molar-refractivity contribution in [3.05, 3.63) is 22.9 Å². The summed E-state index contributed by atoms with van der Waals surface area (Å²) in [6, 6.07) is 2.93. The van der Waals surface area contributed by atoms with Crippen molar-refractivity contribution >= 4 is 21.6 Å². The van der Waals surface area contributed by atoms with E-state index in [2.05, 4.69) is 36.8 Å². The molecule has 2 aliphatic heterocycles. The van der Waals surface area contributed by atoms with E-state index in [1.54, 1.807) is 0 Å². The van der Waals surface area contributed by atoms with Gasteiger partial charge in [-0.2, -0.15) is 0 Å². The van der Waals surface area contributed by atoms with Crippen LogP contribution in [0.15, 0.2) is 22.9 Å². The second-order valence-corrected chi connectivity index (χ2v) is 6.14. The average Bonchev–Trinajstić information content (AvgIpc) is 2.94. The predicted molar refractivity (Wildman–Crippen MR) is 78.0 cm³/mol. The maximum atomic E-state index is 4.14. The van der Waals surface area contributed by atoms with Gasteiger partial charge >= 0.3 is 0 Å². The lowest BCUT2D eigenvalue weighted by molar-refractivity contribution is 0.208. The smallest absolute Gasteiger partial charge is 0.0592 e. The summed E-state index contributed by atoms with van der Waals surface area (Å²) in [4.78, 5) is 9.31. The Morgan fingerprint density at radius 3 is 2.50 bits per heavy atom. The number of likely N-dealkylation sites (tertiary alicyclic amines) is 1. The van der Waals surface area contributed by atoms with Gasteiger partial charge in [-0.05, 0) is 60.8 Å². The van der Waals surface area contributed by atoms with Gasteiger partial charge in [0.05, 0.1) is 10.2 Å². The van der Waals surface area contributed by atoms with Crippen molar-refractivity contribution in [1.82, 2.24) is 9.88 Å². The van der Waals surface area contributed by atoms with Gasteiger partial charge in [-0.15, -0.1) is 0 Å². The number of aromatic nitrogens is 1. The van der Waals surface area contributed by atoms with Crippen molar-refractivity contribution in [2.75, 3.05) is 31.1 Å². The van der Waals surface area contributed by atoms with Crippen LogP contribution >= 0.6 is 15.9 Å². The fourth-order valence-corrected chi connectivity index (χ4v) is 3.70. The van der Waals surface area contributed by atoms with Gasteiger partial charge in [0.25, 0.3) is 0 Å². The molecule has 0 bridgehead atoms. The van der Waals surface area contributed by atoms with Crippen LogP contribution in [0.4, 0.5) is 5.69 Å². The molecule has 0 N–H and O–H groups in total. The molecule has 0 aliphatic carbocycles. The zero-order valence-electron chi connectivity index (χ0n) is 10.7. The van der Waals surface area contributed by atoms with E-state index >= 15 is 0 Å². The Morgan fingerprint density at radius 1 is 1.11 bits per heavy atom. The van der Waals surface area contributed by atoms with Crippen LogP contribution < -0.4 is 4.90 Å². The highest BCUT2D eigenvalue weighted by atomic mass is 79.9. The Kier molecular flexibility index (Phi) is 3.85. The molecular weight excluding hydrogens is 290 g/mol. The molecule has 2 fully saturated rings. The molecule has 0 amide bonds. The number of hydrogen-bond acceptors (Lipinski definition) is 3. The average molecular weight is 310 g/mol. The minimum atomic E-state index is 0.823. The first kappa shape index (κ1) is 12.4. The fourth-order valence-electron chi connectivity index (χ4n) is 3.20. The molecule has 2 aliphatic rings. The molecule has 98 valence electrons. The van der Waals surface area contributed by atoms with E-state index in [0.29, 0.717) is 0 Å². The number of halogens is 1. The molecule has 3 nitrogen and oxygen atoms in total. The molecular formula is C14H20BrN3. The zero-order chi connectivity index (χ0) is 12.4. The molecule has 0 aromatic carbocycles. The summed E-state index contributed by atoms with van der Waals surface area (Å²) in [5.74, 6) is 0. The quantitative estimate of drug-likeness (QED) is 0.837. The molecule has 0 spiro atoms. The van der Waals surface area contributed by atoms with Gasteiger partial charge < -0.3 is 9.80 Å². The third-order valence-electron chi connectivity index (χ3n) is 4.21. The number of piperidine rings is 1. The van der Waals surface area contributed by atoms with Crippen molar-refractivity contribution < 1.29 is 0 Å². The van der Waals surface area contributed by atoms with Gasteiger partial charge in [0.1, 0.15) is 0 Å². The Bertz CT molecular complexity index is 396. The summed E-state index contributed by atoms with van der Waals surface area (Å²) >= 11 is 3.60. The van der Waals surface area contributed by atoms with E-state index in [1.807, 2.05) is 12.4 Å². The topological polar surface area (TPSA) is 19.4 Å². The van der Waals surface area contributed by atoms with Crippen LogP contribution in [0.25, 0.3) is 0 Å². The number of pyridine rings is 1. The zero-order valence-corrected chi connectivity index (χ0v) is 12.3. The van der Waals surface area contributed by atoms with E-state index in [9.17, 15) is 0 Å². The van der Waals surface area contributed by atoms with Gasteiger partial charge in [0.15, 0.2) is 0 Å². The van der Waals surface area contributed by atoms with Crippen molar-refractivity contribution in [2.24, 2.45) is 0 Å². The van der Waals surface area contributed by atoms with Gasteiger partial charge in [0, 0.05) is 31.5 Å². The molecule has 0 unspecified atom stereocenters. The largest absolute Gasteiger partial charge is 0.370 e. The van der Waals surface area contributed by atoms with Crippen LogP contribution in [0, 0.1) is 0 Å². The number of hydrogen-bond donors (Lipinski definition) is 0. The van der Waals surface area contributed by atoms with Crippen molar-refractivity contribution in [3.8, 4) is 0 Å². The highest BCUT2D eigenvalue weighted by Gasteiger charge is 2.26. The summed E-state index contributed by atoms with van der Waals surface area (Å²) < 4.78 is 1.12. The minimum absolute atomic E-state index is 0.823. The molecule has 4 heteroatoms. The maximum Gasteiger partial charge on any atom is 0.0592 e. The first-order valence-electron chi connectivity index (χ1n) is 6.93. The van der Waals surface area contributed by atoms with Crippen molar-refractivity contribution in [2.45, 2.75) is 31.7 Å². The lowest BCUT2D eigenvalue weighted by Gasteiger charge is -2.38. The van der Waals surface area contributed by atoms with E-state index < -0.39 is 0 Å². The Hall–Kier alpha value is -0.610. The second-order valence-electron chi connectivity index (χ2n) is 5.29. The minimum Gasteiger partial charge on any atom is -0.370 e. The van der Waals surface area contributed by atoms with Crippen molar-refractivity contribution in [3.63, 3.8) is 0 Å². The SMILES string of the molecule is Brc1cnccc1N1CCC(N2CCCC2)CC1. The summed E-state index contributed by atoms with van der Waals surface area (Å²) in [6.45, 7) is 4.99. The molecule has 2 saturated heterocycles. The van der Waals surface area contributed by atoms with E-state index in [4.69, 9.17) is 0 Å². The molecule has 3 heterocycles. The highest BCUT2D eigenvalue weighted by molar-refractivity contribution is 9.10. The summed E-state index contributed by atoms with van der Waals surface area (Å²) in [5.41, 5.74) is 1.30. The van der Waals surface area contributed by atoms with Gasteiger partial charge in [-0.25, -0.2) is 0 Å². The van der Waals surface area contributed by atoms with Crippen molar-refractivity contribution in [1.29, 1.82) is 0 Å². The standard InChI is InChI=1S/C14H20BrN3/c15-13-11-16-6-3-14(13)18-9-4-12(5-10-18)17-7-1-2-8-17/h3,6,11-12H,1-2,4-5,7-10H2. The first-order chi connectivity index (χ1) is 8.84. The summed E-state index contributed by atoms with van der Waals surface area (Å²) in [6.07, 6.45) is 9.17. The normalized spacial score (nSPS) is 22.6. The van der Waals surface area contributed by atoms with Gasteiger partial charge in [-0.3, -0.25) is 4.98 Å². The summed E-state index contributed by atoms with van der Waals surface area (Å²) in [7, 11) is 0. The maximum absolute atomic E-state index is 4.14. The van der Waals surface area contributed by atoms with Crippen LogP contribution in [-0.2, 0) is 0 Å². The third-order valence-corrected chi connectivity index (χ3v) is 4.82. The first-order valence-corrected chi connectivity index (χ1v) is 7.72. The molecule has 0 radical (unpaired) electrons. The van der Waals surface area contributed by atoms with Crippen LogP contribution in [0.1, 0.15) is 25.7 Å². The molecule has 1 aromatic rings. The molecule has 0 atom stereocenters. The van der Waals surface area contributed by atoms with Crippen LogP contribution in [-0.4, -0.2) is 42.1 Å². The van der Waals surface area contributed by atoms with Gasteiger partial charge in [-0.1, -0.05) is 0 Å². The Balaban J connectivity index is 1.61. The number of anilines is 1. The summed E-state index contributed by atoms with van der Waals surface area (Å²) in [5, 5.41) is 0. The van der Waals surface area contributed by atoms with Crippen LogP contribution in [0.5, 0.6) is 0 Å². The Labute approximate surface area is 117 Å². The Morgan fingerprint density at radius 2 is 1.83 bits per heavy atom. The second kappa shape index (κ2) is 5.57. The molecule has 18 heavy (non-hydrogen) atoms.